The number of alkyl carbamates (subject to hydrolysis) is 1. The van der Waals surface area contributed by atoms with Gasteiger partial charge in [-0.3, -0.25) is 0 Å². The minimum Gasteiger partial charge on any atom is -0.444 e. The number of aliphatic hydroxyl groups is 1. The maximum absolute atomic E-state index is 12.2. The van der Waals surface area contributed by atoms with Crippen LogP contribution in [0.3, 0.4) is 0 Å². The fraction of sp³-hybridized carbons (Fsp3) is 0.500. The maximum Gasteiger partial charge on any atom is 0.408 e. The van der Waals surface area contributed by atoms with Gasteiger partial charge in [0.25, 0.3) is 0 Å². The normalized spacial score (nSPS) is 20.7. The number of aromatic nitrogens is 1. The van der Waals surface area contributed by atoms with Gasteiger partial charge < -0.3 is 20.1 Å². The Balaban J connectivity index is 1.94. The molecule has 24 heavy (non-hydrogen) atoms. The highest BCUT2D eigenvalue weighted by molar-refractivity contribution is 9.10. The van der Waals surface area contributed by atoms with E-state index in [-0.39, 0.29) is 18.6 Å². The second-order valence-electron chi connectivity index (χ2n) is 7.39. The molecule has 2 unspecified atom stereocenters. The molecular weight excluding hydrogens is 372 g/mol. The van der Waals surface area contributed by atoms with Crippen molar-refractivity contribution in [3.63, 3.8) is 0 Å². The molecule has 0 spiro atoms. The Bertz CT molecular complexity index is 763. The first-order valence-electron chi connectivity index (χ1n) is 8.17. The zero-order valence-corrected chi connectivity index (χ0v) is 15.7. The van der Waals surface area contributed by atoms with Gasteiger partial charge in [-0.2, -0.15) is 0 Å². The van der Waals surface area contributed by atoms with Crippen molar-refractivity contribution in [2.75, 3.05) is 6.61 Å². The van der Waals surface area contributed by atoms with Crippen molar-refractivity contribution in [2.45, 2.75) is 45.3 Å². The summed E-state index contributed by atoms with van der Waals surface area (Å²) in [5.74, 6) is 0.121. The SMILES string of the molecule is CC(C)(C)OC(=O)NC1CC(CO)Cc2c1[nH]c1ccc(Br)cc21. The molecule has 0 aliphatic heterocycles. The summed E-state index contributed by atoms with van der Waals surface area (Å²) >= 11 is 3.51. The number of carbonyl (C=O) groups excluding carboxylic acids is 1. The number of fused-ring (bicyclic) bond motifs is 3. The van der Waals surface area contributed by atoms with Gasteiger partial charge in [-0.1, -0.05) is 15.9 Å². The average molecular weight is 395 g/mol. The minimum atomic E-state index is -0.538. The Morgan fingerprint density at radius 2 is 2.21 bits per heavy atom. The van der Waals surface area contributed by atoms with Crippen molar-refractivity contribution >= 4 is 32.9 Å². The molecule has 1 aromatic carbocycles. The van der Waals surface area contributed by atoms with E-state index in [1.807, 2.05) is 32.9 Å². The Kier molecular flexibility index (Phi) is 4.62. The van der Waals surface area contributed by atoms with Crippen molar-refractivity contribution in [3.05, 3.63) is 33.9 Å². The zero-order chi connectivity index (χ0) is 17.5. The molecule has 2 atom stereocenters. The molecule has 1 amide bonds. The van der Waals surface area contributed by atoms with Crippen LogP contribution in [-0.4, -0.2) is 28.4 Å². The molecule has 6 heteroatoms. The minimum absolute atomic E-state index is 0.104. The molecule has 130 valence electrons. The van der Waals surface area contributed by atoms with Crippen LogP contribution in [0.4, 0.5) is 4.79 Å². The van der Waals surface area contributed by atoms with Gasteiger partial charge in [0, 0.05) is 27.7 Å². The third-order valence-electron chi connectivity index (χ3n) is 4.26. The number of hydrogen-bond donors (Lipinski definition) is 3. The number of halogens is 1. The second kappa shape index (κ2) is 6.41. The summed E-state index contributed by atoms with van der Waals surface area (Å²) in [6.07, 6.45) is 1.06. The number of carbonyl (C=O) groups is 1. The van der Waals surface area contributed by atoms with Gasteiger partial charge in [0.1, 0.15) is 5.60 Å². The van der Waals surface area contributed by atoms with E-state index in [0.29, 0.717) is 6.42 Å². The summed E-state index contributed by atoms with van der Waals surface area (Å²) in [5.41, 5.74) is 2.68. The molecule has 1 aromatic heterocycles. The molecule has 1 aliphatic rings. The molecule has 0 fully saturated rings. The Morgan fingerprint density at radius 3 is 2.88 bits per heavy atom. The van der Waals surface area contributed by atoms with E-state index in [1.165, 1.54) is 0 Å². The predicted octanol–water partition coefficient (Wildman–Crippen LogP) is 4.05. The Morgan fingerprint density at radius 1 is 1.46 bits per heavy atom. The van der Waals surface area contributed by atoms with Crippen molar-refractivity contribution < 1.29 is 14.6 Å². The van der Waals surface area contributed by atoms with Gasteiger partial charge in [0.15, 0.2) is 0 Å². The van der Waals surface area contributed by atoms with Crippen LogP contribution in [0.25, 0.3) is 10.9 Å². The average Bonchev–Trinajstić information content (AvgIpc) is 2.83. The van der Waals surface area contributed by atoms with E-state index in [1.54, 1.807) is 0 Å². The largest absolute Gasteiger partial charge is 0.444 e. The highest BCUT2D eigenvalue weighted by Gasteiger charge is 2.32. The first kappa shape index (κ1) is 17.3. The first-order chi connectivity index (χ1) is 11.3. The van der Waals surface area contributed by atoms with Gasteiger partial charge in [0.05, 0.1) is 6.04 Å². The monoisotopic (exact) mass is 394 g/mol. The molecular formula is C18H23BrN2O3. The smallest absolute Gasteiger partial charge is 0.408 e. The second-order valence-corrected chi connectivity index (χ2v) is 8.31. The van der Waals surface area contributed by atoms with E-state index in [4.69, 9.17) is 4.74 Å². The fourth-order valence-corrected chi connectivity index (χ4v) is 3.66. The van der Waals surface area contributed by atoms with E-state index >= 15 is 0 Å². The highest BCUT2D eigenvalue weighted by atomic mass is 79.9. The standard InChI is InChI=1S/C18H23BrN2O3/c1-18(2,3)24-17(23)21-15-7-10(9-22)6-13-12-8-11(19)4-5-14(12)20-16(13)15/h4-5,8,10,15,20,22H,6-7,9H2,1-3H3,(H,21,23). The molecule has 1 aliphatic carbocycles. The van der Waals surface area contributed by atoms with Crippen LogP contribution in [-0.2, 0) is 11.2 Å². The van der Waals surface area contributed by atoms with Crippen molar-refractivity contribution in [1.29, 1.82) is 0 Å². The summed E-state index contributed by atoms with van der Waals surface area (Å²) in [4.78, 5) is 15.6. The molecule has 0 saturated heterocycles. The number of benzene rings is 1. The summed E-state index contributed by atoms with van der Waals surface area (Å²) in [7, 11) is 0. The number of aliphatic hydroxyl groups excluding tert-OH is 1. The number of ether oxygens (including phenoxy) is 1. The number of rotatable bonds is 2. The molecule has 2 aromatic rings. The number of hydrogen-bond acceptors (Lipinski definition) is 3. The molecule has 0 bridgehead atoms. The van der Waals surface area contributed by atoms with Crippen LogP contribution in [0.1, 0.15) is 44.5 Å². The van der Waals surface area contributed by atoms with Gasteiger partial charge in [0.2, 0.25) is 0 Å². The maximum atomic E-state index is 12.2. The molecule has 5 nitrogen and oxygen atoms in total. The van der Waals surface area contributed by atoms with E-state index < -0.39 is 11.7 Å². The summed E-state index contributed by atoms with van der Waals surface area (Å²) in [6, 6.07) is 5.90. The topological polar surface area (TPSA) is 74.3 Å². The van der Waals surface area contributed by atoms with Crippen LogP contribution in [0.15, 0.2) is 22.7 Å². The summed E-state index contributed by atoms with van der Waals surface area (Å²) in [5, 5.41) is 13.7. The highest BCUT2D eigenvalue weighted by Crippen LogP contribution is 2.38. The van der Waals surface area contributed by atoms with Crippen LogP contribution in [0, 0.1) is 5.92 Å². The van der Waals surface area contributed by atoms with Crippen molar-refractivity contribution in [3.8, 4) is 0 Å². The Labute approximate surface area is 149 Å². The van der Waals surface area contributed by atoms with Crippen LogP contribution >= 0.6 is 15.9 Å². The third-order valence-corrected chi connectivity index (χ3v) is 4.75. The fourth-order valence-electron chi connectivity index (χ4n) is 3.30. The molecule has 1 heterocycles. The third kappa shape index (κ3) is 3.59. The number of aromatic amines is 1. The Hall–Kier alpha value is -1.53. The molecule has 0 saturated carbocycles. The molecule has 3 N–H and O–H groups in total. The lowest BCUT2D eigenvalue weighted by Gasteiger charge is -2.30. The van der Waals surface area contributed by atoms with E-state index in [0.717, 1.165) is 33.1 Å². The van der Waals surface area contributed by atoms with Crippen molar-refractivity contribution in [2.24, 2.45) is 5.92 Å². The van der Waals surface area contributed by atoms with Crippen LogP contribution in [0.5, 0.6) is 0 Å². The van der Waals surface area contributed by atoms with Gasteiger partial charge >= 0.3 is 6.09 Å². The predicted molar refractivity (Wildman–Crippen MR) is 97.0 cm³/mol. The number of amides is 1. The van der Waals surface area contributed by atoms with E-state index in [2.05, 4.69) is 32.3 Å². The van der Waals surface area contributed by atoms with E-state index in [9.17, 15) is 9.90 Å². The van der Waals surface area contributed by atoms with Gasteiger partial charge in [-0.25, -0.2) is 4.79 Å². The van der Waals surface area contributed by atoms with Crippen molar-refractivity contribution in [1.82, 2.24) is 10.3 Å². The lowest BCUT2D eigenvalue weighted by Crippen LogP contribution is -2.38. The number of H-pyrrole nitrogens is 1. The zero-order valence-electron chi connectivity index (χ0n) is 14.1. The molecule has 0 radical (unpaired) electrons. The first-order valence-corrected chi connectivity index (χ1v) is 8.96. The summed E-state index contributed by atoms with van der Waals surface area (Å²) < 4.78 is 6.40. The number of nitrogens with one attached hydrogen (secondary N) is 2. The van der Waals surface area contributed by atoms with Gasteiger partial charge in [-0.15, -0.1) is 0 Å². The molecule has 3 rings (SSSR count). The van der Waals surface area contributed by atoms with Gasteiger partial charge in [-0.05, 0) is 63.3 Å². The lowest BCUT2D eigenvalue weighted by molar-refractivity contribution is 0.0486. The quantitative estimate of drug-likeness (QED) is 0.718. The summed E-state index contributed by atoms with van der Waals surface area (Å²) in [6.45, 7) is 5.63. The lowest BCUT2D eigenvalue weighted by atomic mass is 9.84. The van der Waals surface area contributed by atoms with Crippen LogP contribution in [0.2, 0.25) is 0 Å². The van der Waals surface area contributed by atoms with Crippen LogP contribution < -0.4 is 5.32 Å².